The van der Waals surface area contributed by atoms with Crippen LogP contribution in [0.5, 0.6) is 5.75 Å². The number of methoxy groups -OCH3 is 1. The number of halogens is 2. The monoisotopic (exact) mass is 215 g/mol. The number of nitrogens with two attached hydrogens (primary N) is 1. The van der Waals surface area contributed by atoms with Crippen molar-refractivity contribution in [2.45, 2.75) is 25.8 Å². The molecule has 0 aliphatic carbocycles. The zero-order valence-electron chi connectivity index (χ0n) is 8.89. The first-order valence-electron chi connectivity index (χ1n) is 4.82. The van der Waals surface area contributed by atoms with E-state index < -0.39 is 11.6 Å². The summed E-state index contributed by atoms with van der Waals surface area (Å²) in [7, 11) is 1.43. The normalized spacial score (nSPS) is 12.6. The molecule has 0 aromatic heterocycles. The second-order valence-electron chi connectivity index (χ2n) is 3.59. The highest BCUT2D eigenvalue weighted by Crippen LogP contribution is 2.23. The third-order valence-corrected chi connectivity index (χ3v) is 2.19. The summed E-state index contributed by atoms with van der Waals surface area (Å²) in [5.41, 5.74) is 6.24. The maximum Gasteiger partial charge on any atom is 0.162 e. The van der Waals surface area contributed by atoms with Crippen LogP contribution in [0.15, 0.2) is 12.1 Å². The highest BCUT2D eigenvalue weighted by molar-refractivity contribution is 5.34. The van der Waals surface area contributed by atoms with Crippen LogP contribution >= 0.6 is 0 Å². The Morgan fingerprint density at radius 2 is 1.93 bits per heavy atom. The van der Waals surface area contributed by atoms with E-state index in [0.29, 0.717) is 24.2 Å². The fourth-order valence-electron chi connectivity index (χ4n) is 1.34. The van der Waals surface area contributed by atoms with Crippen molar-refractivity contribution < 1.29 is 13.5 Å². The summed E-state index contributed by atoms with van der Waals surface area (Å²) in [4.78, 5) is 0. The Morgan fingerprint density at radius 1 is 1.33 bits per heavy atom. The lowest BCUT2D eigenvalue weighted by Gasteiger charge is -2.10. The third-order valence-electron chi connectivity index (χ3n) is 2.19. The molecule has 4 heteroatoms. The van der Waals surface area contributed by atoms with Crippen LogP contribution in [0, 0.1) is 11.6 Å². The van der Waals surface area contributed by atoms with Gasteiger partial charge in [0.05, 0.1) is 7.11 Å². The smallest absolute Gasteiger partial charge is 0.162 e. The van der Waals surface area contributed by atoms with Crippen molar-refractivity contribution in [1.29, 1.82) is 0 Å². The zero-order chi connectivity index (χ0) is 11.4. The van der Waals surface area contributed by atoms with Crippen LogP contribution in [-0.4, -0.2) is 13.2 Å². The summed E-state index contributed by atoms with van der Waals surface area (Å²) in [6, 6.07) is 2.25. The maximum absolute atomic E-state index is 13.0. The number of ether oxygens (including phenoxy) is 1. The number of hydrogen-bond donors (Lipinski definition) is 1. The Labute approximate surface area is 88.0 Å². The van der Waals surface area contributed by atoms with E-state index >= 15 is 0 Å². The molecule has 1 aromatic carbocycles. The first-order valence-corrected chi connectivity index (χ1v) is 4.82. The molecule has 1 aromatic rings. The largest absolute Gasteiger partial charge is 0.496 e. The molecule has 0 unspecified atom stereocenters. The van der Waals surface area contributed by atoms with Gasteiger partial charge in [0.25, 0.3) is 0 Å². The first kappa shape index (κ1) is 11.9. The Morgan fingerprint density at radius 3 is 2.47 bits per heavy atom. The van der Waals surface area contributed by atoms with Gasteiger partial charge in [0.1, 0.15) is 5.75 Å². The molecular weight excluding hydrogens is 200 g/mol. The van der Waals surface area contributed by atoms with Gasteiger partial charge in [-0.25, -0.2) is 8.78 Å². The number of benzene rings is 1. The second kappa shape index (κ2) is 5.07. The lowest BCUT2D eigenvalue weighted by molar-refractivity contribution is 0.399. The SMILES string of the molecule is COc1cc(F)c(F)cc1CC[C@@H](C)N. The van der Waals surface area contributed by atoms with E-state index in [1.54, 1.807) is 0 Å². The topological polar surface area (TPSA) is 35.2 Å². The van der Waals surface area contributed by atoms with Gasteiger partial charge in [-0.3, -0.25) is 0 Å². The molecular formula is C11H15F2NO. The molecule has 0 fully saturated rings. The summed E-state index contributed by atoms with van der Waals surface area (Å²) in [6.07, 6.45) is 1.29. The first-order chi connectivity index (χ1) is 7.04. The molecule has 15 heavy (non-hydrogen) atoms. The minimum Gasteiger partial charge on any atom is -0.496 e. The molecule has 1 rings (SSSR count). The molecule has 0 heterocycles. The van der Waals surface area contributed by atoms with Gasteiger partial charge < -0.3 is 10.5 Å². The Hall–Kier alpha value is -1.16. The van der Waals surface area contributed by atoms with Crippen LogP contribution in [0.1, 0.15) is 18.9 Å². The molecule has 0 aliphatic heterocycles. The summed E-state index contributed by atoms with van der Waals surface area (Å²) in [5, 5.41) is 0. The molecule has 0 saturated carbocycles. The van der Waals surface area contributed by atoms with Crippen LogP contribution in [0.4, 0.5) is 8.78 Å². The molecule has 0 spiro atoms. The molecule has 2 N–H and O–H groups in total. The van der Waals surface area contributed by atoms with Gasteiger partial charge in [-0.1, -0.05) is 0 Å². The van der Waals surface area contributed by atoms with E-state index in [-0.39, 0.29) is 6.04 Å². The van der Waals surface area contributed by atoms with Crippen molar-refractivity contribution in [2.24, 2.45) is 5.73 Å². The molecule has 84 valence electrons. The highest BCUT2D eigenvalue weighted by atomic mass is 19.2. The average Bonchev–Trinajstić information content (AvgIpc) is 2.19. The molecule has 2 nitrogen and oxygen atoms in total. The van der Waals surface area contributed by atoms with Crippen LogP contribution < -0.4 is 10.5 Å². The van der Waals surface area contributed by atoms with Crippen LogP contribution in [0.25, 0.3) is 0 Å². The van der Waals surface area contributed by atoms with Gasteiger partial charge in [-0.05, 0) is 31.4 Å². The standard InChI is InChI=1S/C11H15F2NO/c1-7(14)3-4-8-5-9(12)10(13)6-11(8)15-2/h5-7H,3-4,14H2,1-2H3/t7-/m1/s1. The van der Waals surface area contributed by atoms with Gasteiger partial charge in [-0.15, -0.1) is 0 Å². The predicted molar refractivity (Wildman–Crippen MR) is 54.9 cm³/mol. The summed E-state index contributed by atoms with van der Waals surface area (Å²) < 4.78 is 30.8. The number of rotatable bonds is 4. The summed E-state index contributed by atoms with van der Waals surface area (Å²) >= 11 is 0. The lowest BCUT2D eigenvalue weighted by atomic mass is 10.1. The Balaban J connectivity index is 2.89. The van der Waals surface area contributed by atoms with Gasteiger partial charge in [0.15, 0.2) is 11.6 Å². The van der Waals surface area contributed by atoms with Crippen LogP contribution in [-0.2, 0) is 6.42 Å². The van der Waals surface area contributed by atoms with Crippen molar-refractivity contribution in [1.82, 2.24) is 0 Å². The molecule has 0 aliphatic rings. The summed E-state index contributed by atoms with van der Waals surface area (Å²) in [6.45, 7) is 1.87. The van der Waals surface area contributed by atoms with Crippen molar-refractivity contribution in [2.75, 3.05) is 7.11 Å². The van der Waals surface area contributed by atoms with Gasteiger partial charge >= 0.3 is 0 Å². The van der Waals surface area contributed by atoms with Crippen molar-refractivity contribution in [3.8, 4) is 5.75 Å². The summed E-state index contributed by atoms with van der Waals surface area (Å²) in [5.74, 6) is -1.37. The quantitative estimate of drug-likeness (QED) is 0.836. The van der Waals surface area contributed by atoms with Crippen molar-refractivity contribution >= 4 is 0 Å². The van der Waals surface area contributed by atoms with Gasteiger partial charge in [0, 0.05) is 12.1 Å². The fourth-order valence-corrected chi connectivity index (χ4v) is 1.34. The second-order valence-corrected chi connectivity index (χ2v) is 3.59. The minimum absolute atomic E-state index is 0.0304. The van der Waals surface area contributed by atoms with E-state index in [4.69, 9.17) is 10.5 Å². The highest BCUT2D eigenvalue weighted by Gasteiger charge is 2.10. The number of hydrogen-bond acceptors (Lipinski definition) is 2. The van der Waals surface area contributed by atoms with E-state index in [1.807, 2.05) is 6.92 Å². The molecule has 0 amide bonds. The Bertz CT molecular complexity index is 340. The predicted octanol–water partition coefficient (Wildman–Crippen LogP) is 2.25. The third kappa shape index (κ3) is 3.16. The van der Waals surface area contributed by atoms with E-state index in [0.717, 1.165) is 12.1 Å². The average molecular weight is 215 g/mol. The van der Waals surface area contributed by atoms with Crippen LogP contribution in [0.2, 0.25) is 0 Å². The van der Waals surface area contributed by atoms with Crippen LogP contribution in [0.3, 0.4) is 0 Å². The van der Waals surface area contributed by atoms with E-state index in [1.165, 1.54) is 7.11 Å². The lowest BCUT2D eigenvalue weighted by Crippen LogP contribution is -2.15. The molecule has 0 saturated heterocycles. The molecule has 1 atom stereocenters. The van der Waals surface area contributed by atoms with Crippen molar-refractivity contribution in [3.63, 3.8) is 0 Å². The molecule has 0 radical (unpaired) electrons. The molecule has 0 bridgehead atoms. The minimum atomic E-state index is -0.892. The number of aryl methyl sites for hydroxylation is 1. The zero-order valence-corrected chi connectivity index (χ0v) is 8.89. The van der Waals surface area contributed by atoms with E-state index in [2.05, 4.69) is 0 Å². The Kier molecular flexibility index (Phi) is 4.03. The van der Waals surface area contributed by atoms with Gasteiger partial charge in [0.2, 0.25) is 0 Å². The van der Waals surface area contributed by atoms with E-state index in [9.17, 15) is 8.78 Å². The maximum atomic E-state index is 13.0. The van der Waals surface area contributed by atoms with Gasteiger partial charge in [-0.2, -0.15) is 0 Å². The fraction of sp³-hybridized carbons (Fsp3) is 0.455. The van der Waals surface area contributed by atoms with Crippen molar-refractivity contribution in [3.05, 3.63) is 29.3 Å².